The fourth-order valence-corrected chi connectivity index (χ4v) is 5.96. The number of Topliss-reactive ketones (excluding diaryl/α,β-unsaturated/α-hetero) is 1. The minimum atomic E-state index is -0.315. The Balaban J connectivity index is 0.000000878. The molecular weight excluding hydrogens is 846 g/mol. The molecule has 0 atom stereocenters. The van der Waals surface area contributed by atoms with Crippen molar-refractivity contribution < 1.29 is 22.8 Å². The number of pyridine rings is 2. The molecule has 8 rings (SSSR count). The fourth-order valence-electron chi connectivity index (χ4n) is 5.96. The van der Waals surface area contributed by atoms with E-state index in [1.165, 1.54) is 55.5 Å². The highest BCUT2D eigenvalue weighted by molar-refractivity contribution is 5.94. The second-order valence-corrected chi connectivity index (χ2v) is 14.8. The van der Waals surface area contributed by atoms with Gasteiger partial charge in [0, 0.05) is 98.1 Å². The number of nitrogens with two attached hydrogens (primary N) is 1. The van der Waals surface area contributed by atoms with Crippen LogP contribution in [0.4, 0.5) is 35.9 Å². The molecule has 0 fully saturated rings. The molecule has 11 heteroatoms. The number of rotatable bonds is 7. The van der Waals surface area contributed by atoms with Crippen LogP contribution < -0.4 is 20.4 Å². The van der Waals surface area contributed by atoms with Gasteiger partial charge >= 0.3 is 0 Å². The number of hydrogen-bond acceptors (Lipinski definition) is 8. The fraction of sp³-hybridized carbons (Fsp3) is 0.214. The molecule has 0 saturated heterocycles. The third-order valence-corrected chi connectivity index (χ3v) is 9.63. The summed E-state index contributed by atoms with van der Waals surface area (Å²) in [5.74, 6) is -0.820. The first kappa shape index (κ1) is 59.5. The van der Waals surface area contributed by atoms with Gasteiger partial charge < -0.3 is 20.4 Å². The molecule has 0 amide bonds. The lowest BCUT2D eigenvalue weighted by atomic mass is 10.1. The normalized spacial score (nSPS) is 9.52. The number of aromatic nitrogens is 2. The molecule has 0 bridgehead atoms. The molecule has 0 aliphatic carbocycles. The average Bonchev–Trinajstić information content (AvgIpc) is 3.27. The van der Waals surface area contributed by atoms with Gasteiger partial charge in [-0.3, -0.25) is 9.59 Å². The predicted octanol–water partition coefficient (Wildman–Crippen LogP) is 14.6. The van der Waals surface area contributed by atoms with Crippen LogP contribution in [0, 0.1) is 17.5 Å². The summed E-state index contributed by atoms with van der Waals surface area (Å²) in [6.45, 7) is 1.45. The lowest BCUT2D eigenvalue weighted by Gasteiger charge is -2.13. The Bertz CT molecular complexity index is 2630. The number of carbonyl (C=O) groups excluding carboxylic acids is 2. The van der Waals surface area contributed by atoms with E-state index in [4.69, 9.17) is 5.73 Å². The first-order valence-electron chi connectivity index (χ1n) is 19.6. The third kappa shape index (κ3) is 16.8. The van der Waals surface area contributed by atoms with Crippen LogP contribution in [0.2, 0.25) is 0 Å². The lowest BCUT2D eigenvalue weighted by molar-refractivity contribution is 0.101. The van der Waals surface area contributed by atoms with Crippen molar-refractivity contribution in [1.29, 1.82) is 0 Å². The van der Waals surface area contributed by atoms with Crippen molar-refractivity contribution >= 4 is 56.6 Å². The van der Waals surface area contributed by atoms with E-state index in [1.807, 2.05) is 87.3 Å². The van der Waals surface area contributed by atoms with Gasteiger partial charge in [-0.25, -0.2) is 23.1 Å². The maximum absolute atomic E-state index is 13.0. The molecule has 0 aliphatic heterocycles. The van der Waals surface area contributed by atoms with Crippen LogP contribution in [0.15, 0.2) is 152 Å². The molecule has 0 saturated carbocycles. The standard InChI is InChI=1S/2C17H15FN2.C9H12N2O.C8H7FO.5CH4/c2*1-20(2)15-9-5-13-6-10-16(19-17(13)11-15)12-3-7-14(18)8-4-12;1-11(2)8-4-3-7(6-12)9(10)5-8;1-6(10)7-2-4-8(9)5-3-7;;;;;/h2*3-11H,1-2H3;3-6H,10H2,1-2H3;2-5H,1H3;5*1H4. The Hall–Kier alpha value is -7.53. The molecular formula is C56H69F3N6O2. The summed E-state index contributed by atoms with van der Waals surface area (Å²) < 4.78 is 38.2. The van der Waals surface area contributed by atoms with Gasteiger partial charge in [0.25, 0.3) is 0 Å². The number of fused-ring (bicyclic) bond motifs is 2. The van der Waals surface area contributed by atoms with E-state index in [0.29, 0.717) is 16.8 Å². The Morgan fingerprint density at radius 3 is 1.13 bits per heavy atom. The summed E-state index contributed by atoms with van der Waals surface area (Å²) in [6, 6.07) is 44.1. The molecule has 8 nitrogen and oxygen atoms in total. The topological polar surface area (TPSA) is 95.7 Å². The maximum atomic E-state index is 13.0. The van der Waals surface area contributed by atoms with Gasteiger partial charge in [-0.1, -0.05) is 61.4 Å². The summed E-state index contributed by atoms with van der Waals surface area (Å²) in [6.07, 6.45) is 0.759. The number of halogens is 3. The van der Waals surface area contributed by atoms with Crippen molar-refractivity contribution in [2.45, 2.75) is 44.1 Å². The monoisotopic (exact) mass is 915 g/mol. The molecule has 2 heterocycles. The number of carbonyl (C=O) groups is 2. The van der Waals surface area contributed by atoms with E-state index in [-0.39, 0.29) is 60.4 Å². The molecule has 8 aromatic rings. The Kier molecular flexibility index (Phi) is 24.6. The summed E-state index contributed by atoms with van der Waals surface area (Å²) >= 11 is 0. The van der Waals surface area contributed by atoms with E-state index >= 15 is 0 Å². The summed E-state index contributed by atoms with van der Waals surface area (Å²) in [5.41, 5.74) is 15.9. The maximum Gasteiger partial charge on any atom is 0.159 e. The van der Waals surface area contributed by atoms with Gasteiger partial charge in [-0.2, -0.15) is 0 Å². The number of aldehydes is 1. The van der Waals surface area contributed by atoms with Gasteiger partial charge in [0.1, 0.15) is 17.5 Å². The van der Waals surface area contributed by atoms with Gasteiger partial charge in [-0.15, -0.1) is 0 Å². The summed E-state index contributed by atoms with van der Waals surface area (Å²) in [4.78, 5) is 36.4. The molecule has 0 unspecified atom stereocenters. The zero-order chi connectivity index (χ0) is 44.9. The highest BCUT2D eigenvalue weighted by atomic mass is 19.1. The van der Waals surface area contributed by atoms with Crippen LogP contribution in [0.3, 0.4) is 0 Å². The van der Waals surface area contributed by atoms with Crippen LogP contribution in [0.1, 0.15) is 64.8 Å². The van der Waals surface area contributed by atoms with Gasteiger partial charge in [0.15, 0.2) is 12.1 Å². The number of nitrogens with zero attached hydrogens (tertiary/aromatic N) is 5. The van der Waals surface area contributed by atoms with Crippen molar-refractivity contribution in [3.8, 4) is 22.5 Å². The van der Waals surface area contributed by atoms with E-state index < -0.39 is 0 Å². The van der Waals surface area contributed by atoms with Gasteiger partial charge in [0.05, 0.1) is 22.4 Å². The second kappa shape index (κ2) is 27.7. The van der Waals surface area contributed by atoms with Crippen LogP contribution in [-0.4, -0.2) is 64.3 Å². The molecule has 2 aromatic heterocycles. The molecule has 2 N–H and O–H groups in total. The SMILES string of the molecule is C.C.C.C.C.CC(=O)c1ccc(F)cc1.CN(C)c1ccc(C=O)c(N)c1.CN(C)c1ccc2ccc(-c3ccc(F)cc3)nc2c1.CN(C)c1ccc2ccc(-c3ccc(F)cc3)nc2c1. The molecule has 356 valence electrons. The highest BCUT2D eigenvalue weighted by Gasteiger charge is 2.06. The van der Waals surface area contributed by atoms with Gasteiger partial charge in [-0.05, 0) is 134 Å². The summed E-state index contributed by atoms with van der Waals surface area (Å²) in [7, 11) is 11.9. The minimum Gasteiger partial charge on any atom is -0.398 e. The summed E-state index contributed by atoms with van der Waals surface area (Å²) in [5, 5.41) is 2.20. The van der Waals surface area contributed by atoms with E-state index in [1.54, 1.807) is 36.4 Å². The van der Waals surface area contributed by atoms with Crippen LogP contribution in [-0.2, 0) is 0 Å². The Labute approximate surface area is 397 Å². The van der Waals surface area contributed by atoms with Crippen molar-refractivity contribution in [2.75, 3.05) is 62.7 Å². The van der Waals surface area contributed by atoms with Crippen molar-refractivity contribution in [2.24, 2.45) is 0 Å². The quantitative estimate of drug-likeness (QED) is 0.0960. The highest BCUT2D eigenvalue weighted by Crippen LogP contribution is 2.26. The van der Waals surface area contributed by atoms with E-state index in [0.717, 1.165) is 67.7 Å². The molecule has 67 heavy (non-hydrogen) atoms. The smallest absolute Gasteiger partial charge is 0.159 e. The number of ketones is 1. The Morgan fingerprint density at radius 2 is 0.806 bits per heavy atom. The Morgan fingerprint density at radius 1 is 0.478 bits per heavy atom. The first-order chi connectivity index (χ1) is 29.6. The van der Waals surface area contributed by atoms with Crippen molar-refractivity contribution in [3.63, 3.8) is 0 Å². The zero-order valence-electron chi connectivity index (χ0n) is 35.8. The molecule has 6 aromatic carbocycles. The van der Waals surface area contributed by atoms with Gasteiger partial charge in [0.2, 0.25) is 0 Å². The first-order valence-corrected chi connectivity index (χ1v) is 19.6. The van der Waals surface area contributed by atoms with Crippen LogP contribution in [0.25, 0.3) is 44.3 Å². The van der Waals surface area contributed by atoms with E-state index in [2.05, 4.69) is 46.4 Å². The zero-order valence-corrected chi connectivity index (χ0v) is 35.8. The molecule has 0 spiro atoms. The second-order valence-electron chi connectivity index (χ2n) is 14.8. The number of anilines is 4. The number of nitrogen functional groups attached to an aromatic ring is 1. The average molecular weight is 915 g/mol. The number of benzene rings is 6. The van der Waals surface area contributed by atoms with Crippen molar-refractivity contribution in [1.82, 2.24) is 9.97 Å². The van der Waals surface area contributed by atoms with Crippen LogP contribution in [0.5, 0.6) is 0 Å². The van der Waals surface area contributed by atoms with Crippen molar-refractivity contribution in [3.05, 3.63) is 180 Å². The predicted molar refractivity (Wildman–Crippen MR) is 284 cm³/mol. The van der Waals surface area contributed by atoms with E-state index in [9.17, 15) is 22.8 Å². The third-order valence-electron chi connectivity index (χ3n) is 9.63. The number of hydrogen-bond donors (Lipinski definition) is 1. The lowest BCUT2D eigenvalue weighted by Crippen LogP contribution is -2.09. The minimum absolute atomic E-state index is 0. The van der Waals surface area contributed by atoms with Crippen LogP contribution >= 0.6 is 0 Å². The molecule has 0 aliphatic rings. The largest absolute Gasteiger partial charge is 0.398 e. The molecule has 0 radical (unpaired) electrons.